The quantitative estimate of drug-likeness (QED) is 0.523. The van der Waals surface area contributed by atoms with Crippen molar-refractivity contribution in [1.82, 2.24) is 0 Å². The van der Waals surface area contributed by atoms with E-state index in [9.17, 15) is 0 Å². The molecule has 2 heteroatoms. The van der Waals surface area contributed by atoms with Gasteiger partial charge in [0.05, 0.1) is 12.1 Å². The third-order valence-corrected chi connectivity index (χ3v) is 4.90. The van der Waals surface area contributed by atoms with Gasteiger partial charge < -0.3 is 0 Å². The highest BCUT2D eigenvalue weighted by molar-refractivity contribution is 5.26. The van der Waals surface area contributed by atoms with Crippen molar-refractivity contribution in [2.75, 3.05) is 0 Å². The lowest BCUT2D eigenvalue weighted by atomic mass is 9.66. The largest absolute Gasteiger partial charge is 0.190 e. The number of rotatable bonds is 0. The Balaban J connectivity index is 1.91. The Hall–Kier alpha value is -0.400. The van der Waals surface area contributed by atoms with Crippen LogP contribution in [0.3, 0.4) is 0 Å². The standard InChI is InChI=1S/C10H14N2/c1-2-8-10(5-6-10)9(3-4-9)7(1)11-12-8/h7-8H,1-6H2/t7-,8+. The number of fused-ring (bicyclic) bond motifs is 1. The van der Waals surface area contributed by atoms with Crippen LogP contribution in [0, 0.1) is 10.8 Å². The molecule has 0 radical (unpaired) electrons. The fourth-order valence-electron chi connectivity index (χ4n) is 3.96. The Bertz CT molecular complexity index is 246. The SMILES string of the molecule is C1C[C@H]2N=N[C@@H]1C1(CC1)C21CC1. The molecule has 0 saturated heterocycles. The minimum Gasteiger partial charge on any atom is -0.190 e. The highest BCUT2D eigenvalue weighted by Crippen LogP contribution is 2.78. The summed E-state index contributed by atoms with van der Waals surface area (Å²) in [6, 6.07) is 1.29. The minimum atomic E-state index is 0.644. The van der Waals surface area contributed by atoms with Gasteiger partial charge in [-0.05, 0) is 38.5 Å². The normalized spacial score (nSPS) is 48.7. The molecule has 2 spiro atoms. The molecule has 2 bridgehead atoms. The zero-order valence-electron chi connectivity index (χ0n) is 7.29. The second-order valence-electron chi connectivity index (χ2n) is 5.15. The number of hydrogen-bond acceptors (Lipinski definition) is 2. The van der Waals surface area contributed by atoms with Gasteiger partial charge in [0, 0.05) is 10.8 Å². The number of hydrogen-bond donors (Lipinski definition) is 0. The van der Waals surface area contributed by atoms with Crippen LogP contribution >= 0.6 is 0 Å². The first-order valence-corrected chi connectivity index (χ1v) is 5.27. The monoisotopic (exact) mass is 162 g/mol. The summed E-state index contributed by atoms with van der Waals surface area (Å²) < 4.78 is 0. The van der Waals surface area contributed by atoms with Gasteiger partial charge in [-0.2, -0.15) is 10.2 Å². The summed E-state index contributed by atoms with van der Waals surface area (Å²) >= 11 is 0. The van der Waals surface area contributed by atoms with Crippen molar-refractivity contribution in [2.45, 2.75) is 50.6 Å². The van der Waals surface area contributed by atoms with E-state index in [4.69, 9.17) is 0 Å². The van der Waals surface area contributed by atoms with Crippen molar-refractivity contribution in [3.05, 3.63) is 0 Å². The number of nitrogens with zero attached hydrogens (tertiary/aromatic N) is 2. The number of azo groups is 1. The average Bonchev–Trinajstić information content (AvgIpc) is 2.97. The summed E-state index contributed by atoms with van der Waals surface area (Å²) in [4.78, 5) is 0. The molecular formula is C10H14N2. The van der Waals surface area contributed by atoms with Crippen molar-refractivity contribution < 1.29 is 0 Å². The predicted octanol–water partition coefficient (Wildman–Crippen LogP) is 2.54. The molecule has 2 atom stereocenters. The predicted molar refractivity (Wildman–Crippen MR) is 45.0 cm³/mol. The average molecular weight is 162 g/mol. The lowest BCUT2D eigenvalue weighted by molar-refractivity contribution is 0.0912. The molecule has 5 aliphatic rings. The van der Waals surface area contributed by atoms with Crippen molar-refractivity contribution >= 4 is 0 Å². The minimum absolute atomic E-state index is 0.644. The van der Waals surface area contributed by atoms with Crippen LogP contribution in [0.5, 0.6) is 0 Å². The summed E-state index contributed by atoms with van der Waals surface area (Å²) in [5, 5.41) is 8.95. The van der Waals surface area contributed by atoms with Gasteiger partial charge >= 0.3 is 0 Å². The van der Waals surface area contributed by atoms with E-state index < -0.39 is 0 Å². The Labute approximate surface area is 72.4 Å². The van der Waals surface area contributed by atoms with Gasteiger partial charge in [0.1, 0.15) is 0 Å². The third-order valence-electron chi connectivity index (χ3n) is 4.90. The maximum atomic E-state index is 4.47. The van der Waals surface area contributed by atoms with Crippen molar-refractivity contribution in [2.24, 2.45) is 21.1 Å². The molecule has 0 amide bonds. The highest BCUT2D eigenvalue weighted by atomic mass is 15.2. The summed E-state index contributed by atoms with van der Waals surface area (Å²) in [7, 11) is 0. The molecule has 3 fully saturated rings. The molecule has 12 heavy (non-hydrogen) atoms. The first kappa shape index (κ1) is 6.11. The Morgan fingerprint density at radius 3 is 1.42 bits per heavy atom. The Morgan fingerprint density at radius 2 is 1.17 bits per heavy atom. The zero-order chi connectivity index (χ0) is 7.81. The molecular weight excluding hydrogens is 148 g/mol. The molecule has 0 aromatic heterocycles. The maximum Gasteiger partial charge on any atom is 0.0771 e. The summed E-state index contributed by atoms with van der Waals surface area (Å²) in [5.41, 5.74) is 1.38. The van der Waals surface area contributed by atoms with Crippen LogP contribution in [0.25, 0.3) is 0 Å². The van der Waals surface area contributed by atoms with E-state index in [2.05, 4.69) is 10.2 Å². The van der Waals surface area contributed by atoms with E-state index in [0.717, 1.165) is 0 Å². The topological polar surface area (TPSA) is 24.7 Å². The van der Waals surface area contributed by atoms with E-state index in [1.165, 1.54) is 38.5 Å². The zero-order valence-corrected chi connectivity index (χ0v) is 7.29. The highest BCUT2D eigenvalue weighted by Gasteiger charge is 2.74. The maximum absolute atomic E-state index is 4.47. The van der Waals surface area contributed by atoms with Crippen LogP contribution in [-0.2, 0) is 0 Å². The van der Waals surface area contributed by atoms with Gasteiger partial charge in [0.2, 0.25) is 0 Å². The van der Waals surface area contributed by atoms with Crippen LogP contribution in [0.4, 0.5) is 0 Å². The van der Waals surface area contributed by atoms with Gasteiger partial charge in [-0.15, -0.1) is 0 Å². The van der Waals surface area contributed by atoms with Crippen LogP contribution in [-0.4, -0.2) is 12.1 Å². The molecule has 64 valence electrons. The van der Waals surface area contributed by atoms with Crippen molar-refractivity contribution in [1.29, 1.82) is 0 Å². The van der Waals surface area contributed by atoms with Gasteiger partial charge in [0.25, 0.3) is 0 Å². The van der Waals surface area contributed by atoms with E-state index in [-0.39, 0.29) is 0 Å². The molecule has 2 nitrogen and oxygen atoms in total. The Kier molecular flexibility index (Phi) is 0.760. The van der Waals surface area contributed by atoms with Crippen LogP contribution in [0.1, 0.15) is 38.5 Å². The molecule has 0 unspecified atom stereocenters. The third kappa shape index (κ3) is 0.431. The lowest BCUT2D eigenvalue weighted by Crippen LogP contribution is -2.46. The van der Waals surface area contributed by atoms with Crippen molar-refractivity contribution in [3.8, 4) is 0 Å². The van der Waals surface area contributed by atoms with Gasteiger partial charge in [0.15, 0.2) is 0 Å². The smallest absolute Gasteiger partial charge is 0.0771 e. The van der Waals surface area contributed by atoms with Crippen LogP contribution in [0.15, 0.2) is 10.2 Å². The second kappa shape index (κ2) is 1.49. The fraction of sp³-hybridized carbons (Fsp3) is 1.00. The van der Waals surface area contributed by atoms with Crippen LogP contribution < -0.4 is 0 Å². The summed E-state index contributed by atoms with van der Waals surface area (Å²) in [6.07, 6.45) is 8.55. The van der Waals surface area contributed by atoms with E-state index in [1.807, 2.05) is 0 Å². The second-order valence-corrected chi connectivity index (χ2v) is 5.15. The van der Waals surface area contributed by atoms with E-state index in [1.54, 1.807) is 0 Å². The lowest BCUT2D eigenvalue weighted by Gasteiger charge is -2.44. The van der Waals surface area contributed by atoms with Gasteiger partial charge in [-0.3, -0.25) is 0 Å². The van der Waals surface area contributed by atoms with E-state index >= 15 is 0 Å². The first-order chi connectivity index (χ1) is 5.87. The summed E-state index contributed by atoms with van der Waals surface area (Å²) in [6.45, 7) is 0. The molecule has 2 aliphatic heterocycles. The fourth-order valence-corrected chi connectivity index (χ4v) is 3.96. The van der Waals surface area contributed by atoms with E-state index in [0.29, 0.717) is 22.9 Å². The molecule has 2 heterocycles. The van der Waals surface area contributed by atoms with Crippen molar-refractivity contribution in [3.63, 3.8) is 0 Å². The first-order valence-electron chi connectivity index (χ1n) is 5.27. The molecule has 0 aromatic rings. The molecule has 5 rings (SSSR count). The van der Waals surface area contributed by atoms with Gasteiger partial charge in [-0.25, -0.2) is 0 Å². The molecule has 3 aliphatic carbocycles. The molecule has 3 saturated carbocycles. The molecule has 0 aromatic carbocycles. The summed E-state index contributed by atoms with van der Waals surface area (Å²) in [5.74, 6) is 0. The molecule has 0 N–H and O–H groups in total. The Morgan fingerprint density at radius 1 is 0.750 bits per heavy atom. The van der Waals surface area contributed by atoms with Gasteiger partial charge in [-0.1, -0.05) is 0 Å². The van der Waals surface area contributed by atoms with Crippen LogP contribution in [0.2, 0.25) is 0 Å².